The third-order valence-electron chi connectivity index (χ3n) is 5.59. The van der Waals surface area contributed by atoms with Crippen molar-refractivity contribution in [2.24, 2.45) is 0 Å². The fraction of sp³-hybridized carbons (Fsp3) is 0.429. The molecule has 0 radical (unpaired) electrons. The first-order chi connectivity index (χ1) is 13.9. The van der Waals surface area contributed by atoms with E-state index in [0.29, 0.717) is 23.8 Å². The Morgan fingerprint density at radius 1 is 1.17 bits per heavy atom. The van der Waals surface area contributed by atoms with E-state index in [1.165, 1.54) is 35.4 Å². The maximum Gasteiger partial charge on any atom is 0.256 e. The lowest BCUT2D eigenvalue weighted by atomic mass is 9.89. The average Bonchev–Trinajstić information content (AvgIpc) is 3.40. The first-order valence-electron chi connectivity index (χ1n) is 9.95. The Bertz CT molecular complexity index is 997. The van der Waals surface area contributed by atoms with E-state index in [0.717, 1.165) is 18.4 Å². The zero-order valence-electron chi connectivity index (χ0n) is 16.9. The number of carbonyl (C=O) groups is 1. The molecule has 29 heavy (non-hydrogen) atoms. The molecule has 0 N–H and O–H groups in total. The Balaban J connectivity index is 1.62. The minimum atomic E-state index is -0.431. The lowest BCUT2D eigenvalue weighted by Crippen LogP contribution is -2.45. The van der Waals surface area contributed by atoms with Crippen molar-refractivity contribution in [3.05, 3.63) is 59.9 Å². The van der Waals surface area contributed by atoms with Gasteiger partial charge in [0.15, 0.2) is 0 Å². The molecule has 3 heterocycles. The summed E-state index contributed by atoms with van der Waals surface area (Å²) in [6, 6.07) is 4.52. The maximum atomic E-state index is 13.9. The molecule has 0 bridgehead atoms. The van der Waals surface area contributed by atoms with E-state index >= 15 is 0 Å². The number of hydrogen-bond acceptors (Lipinski definition) is 4. The molecule has 7 nitrogen and oxygen atoms in total. The highest BCUT2D eigenvalue weighted by atomic mass is 19.1. The lowest BCUT2D eigenvalue weighted by Gasteiger charge is -2.38. The van der Waals surface area contributed by atoms with Crippen LogP contribution in [0.5, 0.6) is 0 Å². The highest BCUT2D eigenvalue weighted by Crippen LogP contribution is 2.32. The number of hydrogen-bond donors (Lipinski definition) is 0. The minimum Gasteiger partial charge on any atom is -0.335 e. The highest BCUT2D eigenvalue weighted by Gasteiger charge is 2.32. The van der Waals surface area contributed by atoms with Crippen LogP contribution in [0.25, 0.3) is 5.69 Å². The molecule has 0 aliphatic carbocycles. The van der Waals surface area contributed by atoms with Crippen LogP contribution >= 0.6 is 0 Å². The number of carbonyl (C=O) groups excluding carboxylic acids is 1. The Kier molecular flexibility index (Phi) is 5.17. The zero-order chi connectivity index (χ0) is 20.5. The van der Waals surface area contributed by atoms with E-state index in [-0.39, 0.29) is 17.9 Å². The van der Waals surface area contributed by atoms with Crippen LogP contribution in [0, 0.1) is 5.82 Å². The molecule has 1 amide bonds. The molecule has 0 unspecified atom stereocenters. The van der Waals surface area contributed by atoms with Gasteiger partial charge in [0.25, 0.3) is 5.91 Å². The van der Waals surface area contributed by atoms with Gasteiger partial charge in [0, 0.05) is 36.8 Å². The normalized spacial score (nSPS) is 19.7. The summed E-state index contributed by atoms with van der Waals surface area (Å²) >= 11 is 0. The summed E-state index contributed by atoms with van der Waals surface area (Å²) in [5.41, 5.74) is 1.89. The van der Waals surface area contributed by atoms with E-state index in [2.05, 4.69) is 42.3 Å². The number of likely N-dealkylation sites (tertiary alicyclic amines) is 1. The Labute approximate surface area is 169 Å². The van der Waals surface area contributed by atoms with Crippen LogP contribution in [-0.4, -0.2) is 48.2 Å². The highest BCUT2D eigenvalue weighted by molar-refractivity contribution is 5.98. The number of aromatic nitrogens is 5. The zero-order valence-corrected chi connectivity index (χ0v) is 16.9. The van der Waals surface area contributed by atoms with Crippen molar-refractivity contribution < 1.29 is 9.18 Å². The molecular formula is C21H25FN6O. The van der Waals surface area contributed by atoms with Crippen molar-refractivity contribution in [2.45, 2.75) is 51.6 Å². The molecule has 8 heteroatoms. The summed E-state index contributed by atoms with van der Waals surface area (Å²) < 4.78 is 15.8. The Hall–Kier alpha value is -3.03. The Morgan fingerprint density at radius 3 is 2.62 bits per heavy atom. The van der Waals surface area contributed by atoms with E-state index in [9.17, 15) is 9.18 Å². The average molecular weight is 396 g/mol. The van der Waals surface area contributed by atoms with Crippen molar-refractivity contribution in [3.63, 3.8) is 0 Å². The summed E-state index contributed by atoms with van der Waals surface area (Å²) in [5.74, 6) is -0.334. The molecule has 2 aromatic heterocycles. The molecule has 152 valence electrons. The molecule has 1 aromatic carbocycles. The van der Waals surface area contributed by atoms with Crippen LogP contribution in [0.1, 0.15) is 61.5 Å². The number of rotatable bonds is 4. The van der Waals surface area contributed by atoms with Crippen LogP contribution in [0.3, 0.4) is 0 Å². The largest absolute Gasteiger partial charge is 0.335 e. The third-order valence-corrected chi connectivity index (χ3v) is 5.59. The third kappa shape index (κ3) is 3.79. The fourth-order valence-electron chi connectivity index (χ4n) is 3.85. The van der Waals surface area contributed by atoms with Gasteiger partial charge >= 0.3 is 0 Å². The molecule has 3 aromatic rings. The van der Waals surface area contributed by atoms with E-state index in [1.807, 2.05) is 15.8 Å². The SMILES string of the molecule is CC(C)n1cc([C@@H]2CC[C@@H](C)N(C(=O)c3ccc(F)cc3-n3nccn3)C2)cn1. The number of nitrogens with zero attached hydrogens (tertiary/aromatic N) is 6. The summed E-state index contributed by atoms with van der Waals surface area (Å²) in [6.45, 7) is 6.85. The van der Waals surface area contributed by atoms with Crippen LogP contribution in [-0.2, 0) is 0 Å². The Morgan fingerprint density at radius 2 is 1.93 bits per heavy atom. The van der Waals surface area contributed by atoms with Crippen molar-refractivity contribution in [1.29, 1.82) is 0 Å². The predicted molar refractivity (Wildman–Crippen MR) is 106 cm³/mol. The maximum absolute atomic E-state index is 13.9. The molecule has 1 aliphatic heterocycles. The summed E-state index contributed by atoms with van der Waals surface area (Å²) in [5, 5.41) is 12.6. The van der Waals surface area contributed by atoms with Crippen molar-refractivity contribution >= 4 is 5.91 Å². The second-order valence-electron chi connectivity index (χ2n) is 7.91. The van der Waals surface area contributed by atoms with Gasteiger partial charge in [-0.25, -0.2) is 4.39 Å². The second-order valence-corrected chi connectivity index (χ2v) is 7.91. The monoisotopic (exact) mass is 396 g/mol. The van der Waals surface area contributed by atoms with Gasteiger partial charge < -0.3 is 4.90 Å². The van der Waals surface area contributed by atoms with Crippen LogP contribution in [0.4, 0.5) is 4.39 Å². The quantitative estimate of drug-likeness (QED) is 0.676. The van der Waals surface area contributed by atoms with Crippen molar-refractivity contribution in [1.82, 2.24) is 29.7 Å². The van der Waals surface area contributed by atoms with E-state index in [4.69, 9.17) is 0 Å². The van der Waals surface area contributed by atoms with E-state index in [1.54, 1.807) is 0 Å². The molecule has 4 rings (SSSR count). The minimum absolute atomic E-state index is 0.0994. The summed E-state index contributed by atoms with van der Waals surface area (Å²) in [7, 11) is 0. The van der Waals surface area contributed by atoms with Gasteiger partial charge in [-0.2, -0.15) is 20.1 Å². The van der Waals surface area contributed by atoms with Crippen LogP contribution < -0.4 is 0 Å². The van der Waals surface area contributed by atoms with Crippen LogP contribution in [0.2, 0.25) is 0 Å². The molecule has 0 spiro atoms. The van der Waals surface area contributed by atoms with E-state index < -0.39 is 5.82 Å². The smallest absolute Gasteiger partial charge is 0.256 e. The lowest BCUT2D eigenvalue weighted by molar-refractivity contribution is 0.0609. The van der Waals surface area contributed by atoms with Crippen molar-refractivity contribution in [2.75, 3.05) is 6.54 Å². The topological polar surface area (TPSA) is 68.8 Å². The van der Waals surface area contributed by atoms with Gasteiger partial charge in [0.1, 0.15) is 11.5 Å². The number of piperidine rings is 1. The van der Waals surface area contributed by atoms with Crippen molar-refractivity contribution in [3.8, 4) is 5.69 Å². The number of halogens is 1. The van der Waals surface area contributed by atoms with Gasteiger partial charge in [0.05, 0.1) is 24.2 Å². The number of benzene rings is 1. The molecule has 1 saturated heterocycles. The second kappa shape index (κ2) is 7.77. The molecular weight excluding hydrogens is 371 g/mol. The fourth-order valence-corrected chi connectivity index (χ4v) is 3.85. The summed E-state index contributed by atoms with van der Waals surface area (Å²) in [6.07, 6.45) is 8.90. The number of amides is 1. The van der Waals surface area contributed by atoms with Gasteiger partial charge in [-0.3, -0.25) is 9.48 Å². The first kappa shape index (κ1) is 19.3. The summed E-state index contributed by atoms with van der Waals surface area (Å²) in [4.78, 5) is 16.6. The first-order valence-corrected chi connectivity index (χ1v) is 9.95. The van der Waals surface area contributed by atoms with Gasteiger partial charge in [-0.05, 0) is 51.3 Å². The molecule has 1 aliphatic rings. The predicted octanol–water partition coefficient (Wildman–Crippen LogP) is 3.59. The molecule has 0 saturated carbocycles. The van der Waals surface area contributed by atoms with Gasteiger partial charge in [-0.1, -0.05) is 0 Å². The van der Waals surface area contributed by atoms with Crippen LogP contribution in [0.15, 0.2) is 43.0 Å². The van der Waals surface area contributed by atoms with Gasteiger partial charge in [-0.15, -0.1) is 0 Å². The standard InChI is InChI=1S/C21H25FN6O/c1-14(2)27-13-17(11-25-27)16-5-4-15(3)26(12-16)21(29)19-7-6-18(22)10-20(19)28-23-8-9-24-28/h6-11,13-16H,4-5,12H2,1-3H3/t15-,16-/m1/s1. The van der Waals surface area contributed by atoms with Gasteiger partial charge in [0.2, 0.25) is 0 Å². The molecule has 1 fully saturated rings. The molecule has 2 atom stereocenters.